The molecule has 2 fully saturated rings. The second kappa shape index (κ2) is 3.56. The number of benzene rings is 1. The van der Waals surface area contributed by atoms with Gasteiger partial charge in [0.25, 0.3) is 0 Å². The normalized spacial score (nSPS) is 36.1. The number of fused-ring (bicyclic) bond motifs is 1. The molecule has 0 spiro atoms. The quantitative estimate of drug-likeness (QED) is 0.831. The van der Waals surface area contributed by atoms with Gasteiger partial charge in [0.1, 0.15) is 5.82 Å². The summed E-state index contributed by atoms with van der Waals surface area (Å²) < 4.78 is 13.6. The van der Waals surface area contributed by atoms with Gasteiger partial charge in [-0.15, -0.1) is 0 Å². The van der Waals surface area contributed by atoms with Crippen LogP contribution in [0.4, 0.5) is 4.39 Å². The van der Waals surface area contributed by atoms with Gasteiger partial charge in [0.05, 0.1) is 0 Å². The fourth-order valence-electron chi connectivity index (χ4n) is 3.43. The molecule has 3 rings (SSSR count). The molecule has 2 atom stereocenters. The molecule has 0 radical (unpaired) electrons. The number of nitrogens with two attached hydrogens (primary N) is 1. The number of rotatable bonds is 3. The van der Waals surface area contributed by atoms with Crippen molar-refractivity contribution in [1.29, 1.82) is 0 Å². The van der Waals surface area contributed by atoms with Gasteiger partial charge in [0.15, 0.2) is 0 Å². The fraction of sp³-hybridized carbons (Fsp3) is 0.571. The predicted octanol–water partition coefficient (Wildman–Crippen LogP) is 2.74. The van der Waals surface area contributed by atoms with E-state index in [0.29, 0.717) is 6.54 Å². The minimum atomic E-state index is -0.0732. The van der Waals surface area contributed by atoms with Crippen molar-refractivity contribution in [3.8, 4) is 0 Å². The first-order valence-electron chi connectivity index (χ1n) is 6.16. The molecule has 0 bridgehead atoms. The molecule has 16 heavy (non-hydrogen) atoms. The second-order valence-corrected chi connectivity index (χ2v) is 5.64. The maximum absolute atomic E-state index is 13.6. The predicted molar refractivity (Wildman–Crippen MR) is 62.4 cm³/mol. The molecular weight excluding hydrogens is 201 g/mol. The summed E-state index contributed by atoms with van der Waals surface area (Å²) in [6, 6.07) is 7.12. The molecule has 2 aliphatic rings. The van der Waals surface area contributed by atoms with Crippen LogP contribution in [0.3, 0.4) is 0 Å². The molecule has 2 N–H and O–H groups in total. The zero-order valence-electron chi connectivity index (χ0n) is 9.45. The lowest BCUT2D eigenvalue weighted by Gasteiger charge is -2.29. The van der Waals surface area contributed by atoms with E-state index in [1.807, 2.05) is 12.1 Å². The largest absolute Gasteiger partial charge is 0.330 e. The Kier molecular flexibility index (Phi) is 2.28. The van der Waals surface area contributed by atoms with Crippen molar-refractivity contribution in [2.45, 2.75) is 25.7 Å². The average molecular weight is 219 g/mol. The summed E-state index contributed by atoms with van der Waals surface area (Å²) >= 11 is 0. The van der Waals surface area contributed by atoms with E-state index in [1.54, 1.807) is 12.1 Å². The van der Waals surface area contributed by atoms with Crippen molar-refractivity contribution in [3.63, 3.8) is 0 Å². The van der Waals surface area contributed by atoms with E-state index < -0.39 is 0 Å². The summed E-state index contributed by atoms with van der Waals surface area (Å²) in [5.41, 5.74) is 6.96. The molecule has 1 nitrogen and oxygen atoms in total. The average Bonchev–Trinajstić information content (AvgIpc) is 2.91. The maximum Gasteiger partial charge on any atom is 0.126 e. The zero-order valence-corrected chi connectivity index (χ0v) is 9.45. The summed E-state index contributed by atoms with van der Waals surface area (Å²) in [7, 11) is 0. The van der Waals surface area contributed by atoms with E-state index in [2.05, 4.69) is 0 Å². The molecule has 1 aromatic carbocycles. The zero-order chi connectivity index (χ0) is 11.2. The molecule has 86 valence electrons. The van der Waals surface area contributed by atoms with Crippen LogP contribution < -0.4 is 5.73 Å². The highest BCUT2D eigenvalue weighted by atomic mass is 19.1. The van der Waals surface area contributed by atoms with Crippen molar-refractivity contribution in [2.24, 2.45) is 23.0 Å². The van der Waals surface area contributed by atoms with Crippen LogP contribution in [0.25, 0.3) is 0 Å². The summed E-state index contributed by atoms with van der Waals surface area (Å²) in [6.45, 7) is 0.703. The van der Waals surface area contributed by atoms with E-state index in [9.17, 15) is 4.39 Å². The molecule has 2 saturated carbocycles. The van der Waals surface area contributed by atoms with E-state index in [-0.39, 0.29) is 11.2 Å². The first-order chi connectivity index (χ1) is 7.72. The SMILES string of the molecule is NCC1(Cc2ccccc2F)CC2CC2C1. The number of hydrogen-bond donors (Lipinski definition) is 1. The third kappa shape index (κ3) is 1.65. The lowest BCUT2D eigenvalue weighted by atomic mass is 9.77. The standard InChI is InChI=1S/C14H18FN/c15-13-4-2-1-3-10(13)6-14(9-16)7-11-5-12(11)8-14/h1-4,11-12H,5-9,16H2. The monoisotopic (exact) mass is 219 g/mol. The smallest absolute Gasteiger partial charge is 0.126 e. The minimum absolute atomic E-state index is 0.0732. The van der Waals surface area contributed by atoms with Gasteiger partial charge in [0.2, 0.25) is 0 Å². The Hall–Kier alpha value is -0.890. The lowest BCUT2D eigenvalue weighted by Crippen LogP contribution is -2.31. The van der Waals surface area contributed by atoms with Crippen molar-refractivity contribution in [3.05, 3.63) is 35.6 Å². The van der Waals surface area contributed by atoms with Gasteiger partial charge in [-0.05, 0) is 61.1 Å². The van der Waals surface area contributed by atoms with E-state index in [0.717, 1.165) is 23.8 Å². The maximum atomic E-state index is 13.6. The highest BCUT2D eigenvalue weighted by Gasteiger charge is 2.52. The second-order valence-electron chi connectivity index (χ2n) is 5.64. The molecule has 2 aliphatic carbocycles. The Morgan fingerprint density at radius 2 is 1.94 bits per heavy atom. The molecule has 1 aromatic rings. The highest BCUT2D eigenvalue weighted by Crippen LogP contribution is 2.60. The Morgan fingerprint density at radius 1 is 1.25 bits per heavy atom. The first-order valence-corrected chi connectivity index (χ1v) is 6.16. The Labute approximate surface area is 95.8 Å². The van der Waals surface area contributed by atoms with E-state index >= 15 is 0 Å². The topological polar surface area (TPSA) is 26.0 Å². The van der Waals surface area contributed by atoms with Gasteiger partial charge in [0, 0.05) is 0 Å². The van der Waals surface area contributed by atoms with Crippen LogP contribution in [0, 0.1) is 23.1 Å². The molecule has 2 heteroatoms. The number of hydrogen-bond acceptors (Lipinski definition) is 1. The summed E-state index contributed by atoms with van der Waals surface area (Å²) in [6.07, 6.45) is 4.63. The van der Waals surface area contributed by atoms with Crippen molar-refractivity contribution in [2.75, 3.05) is 6.54 Å². The molecule has 0 saturated heterocycles. The summed E-state index contributed by atoms with van der Waals surface area (Å²) in [4.78, 5) is 0. The third-order valence-electron chi connectivity index (χ3n) is 4.42. The molecular formula is C14H18FN. The molecule has 0 aliphatic heterocycles. The van der Waals surface area contributed by atoms with Crippen LogP contribution in [-0.2, 0) is 6.42 Å². The minimum Gasteiger partial charge on any atom is -0.330 e. The van der Waals surface area contributed by atoms with Gasteiger partial charge in [-0.25, -0.2) is 4.39 Å². The molecule has 0 aromatic heterocycles. The van der Waals surface area contributed by atoms with Gasteiger partial charge in [-0.2, -0.15) is 0 Å². The Bertz CT molecular complexity index is 391. The highest BCUT2D eigenvalue weighted by molar-refractivity contribution is 5.21. The van der Waals surface area contributed by atoms with Gasteiger partial charge in [-0.1, -0.05) is 18.2 Å². The summed E-state index contributed by atoms with van der Waals surface area (Å²) in [5, 5.41) is 0. The molecule has 0 amide bonds. The Morgan fingerprint density at radius 3 is 2.56 bits per heavy atom. The van der Waals surface area contributed by atoms with Crippen LogP contribution >= 0.6 is 0 Å². The van der Waals surface area contributed by atoms with Crippen LogP contribution in [0.1, 0.15) is 24.8 Å². The molecule has 0 heterocycles. The van der Waals surface area contributed by atoms with Gasteiger partial charge >= 0.3 is 0 Å². The van der Waals surface area contributed by atoms with Crippen LogP contribution in [0.5, 0.6) is 0 Å². The van der Waals surface area contributed by atoms with Crippen LogP contribution in [0.15, 0.2) is 24.3 Å². The van der Waals surface area contributed by atoms with Crippen LogP contribution in [-0.4, -0.2) is 6.54 Å². The Balaban J connectivity index is 1.80. The fourth-order valence-corrected chi connectivity index (χ4v) is 3.43. The van der Waals surface area contributed by atoms with Crippen molar-refractivity contribution in [1.82, 2.24) is 0 Å². The van der Waals surface area contributed by atoms with E-state index in [1.165, 1.54) is 19.3 Å². The number of halogens is 1. The molecule has 2 unspecified atom stereocenters. The van der Waals surface area contributed by atoms with E-state index in [4.69, 9.17) is 5.73 Å². The van der Waals surface area contributed by atoms with Gasteiger partial charge < -0.3 is 5.73 Å². The van der Waals surface area contributed by atoms with Crippen LogP contribution in [0.2, 0.25) is 0 Å². The third-order valence-corrected chi connectivity index (χ3v) is 4.42. The van der Waals surface area contributed by atoms with Crippen molar-refractivity contribution < 1.29 is 4.39 Å². The first kappa shape index (κ1) is 10.3. The summed E-state index contributed by atoms with van der Waals surface area (Å²) in [5.74, 6) is 1.72. The lowest BCUT2D eigenvalue weighted by molar-refractivity contribution is 0.269. The van der Waals surface area contributed by atoms with Gasteiger partial charge in [-0.3, -0.25) is 0 Å². The van der Waals surface area contributed by atoms with Crippen molar-refractivity contribution >= 4 is 0 Å².